The van der Waals surface area contributed by atoms with Gasteiger partial charge in [0, 0.05) is 5.56 Å². The van der Waals surface area contributed by atoms with Gasteiger partial charge in [-0.3, -0.25) is 4.79 Å². The Hall–Kier alpha value is -3.52. The molecule has 0 saturated carbocycles. The fraction of sp³-hybridized carbons (Fsp3) is 0.0870. The summed E-state index contributed by atoms with van der Waals surface area (Å²) in [5, 5.41) is 3.90. The zero-order valence-electron chi connectivity index (χ0n) is 16.7. The number of aryl methyl sites for hydroxylation is 1. The van der Waals surface area contributed by atoms with Crippen molar-refractivity contribution >= 4 is 34.0 Å². The Morgan fingerprint density at radius 2 is 1.68 bits per heavy atom. The van der Waals surface area contributed by atoms with E-state index in [1.54, 1.807) is 24.3 Å². The Bertz CT molecular complexity index is 1130. The van der Waals surface area contributed by atoms with Gasteiger partial charge in [-0.1, -0.05) is 17.7 Å². The normalized spacial score (nSPS) is 10.7. The molecule has 0 aromatic heterocycles. The number of methoxy groups -OCH3 is 1. The Kier molecular flexibility index (Phi) is 7.15. The van der Waals surface area contributed by atoms with Gasteiger partial charge in [-0.15, -0.1) is 0 Å². The molecule has 0 unspecified atom stereocenters. The van der Waals surface area contributed by atoms with E-state index in [0.717, 1.165) is 5.56 Å². The number of amides is 1. The van der Waals surface area contributed by atoms with Crippen LogP contribution in [0, 0.1) is 12.7 Å². The molecule has 0 saturated heterocycles. The van der Waals surface area contributed by atoms with Crippen LogP contribution in [0.2, 0.25) is 0 Å². The standard InChI is InChI=1S/C23H18BrFN2O4/c1-14-3-5-17(6-4-14)23(29)31-21-19(24)11-15(12-20(21)30-2)13-26-27-22(28)16-7-9-18(25)10-8-16/h3-13H,1-2H3,(H,27,28). The van der Waals surface area contributed by atoms with Crippen LogP contribution < -0.4 is 14.9 Å². The van der Waals surface area contributed by atoms with E-state index in [1.807, 2.05) is 19.1 Å². The first-order chi connectivity index (χ1) is 14.9. The van der Waals surface area contributed by atoms with Crippen molar-refractivity contribution < 1.29 is 23.5 Å². The van der Waals surface area contributed by atoms with Crippen molar-refractivity contribution in [2.75, 3.05) is 7.11 Å². The van der Waals surface area contributed by atoms with Crippen LogP contribution in [0.1, 0.15) is 31.8 Å². The fourth-order valence-electron chi connectivity index (χ4n) is 2.59. The molecule has 6 nitrogen and oxygen atoms in total. The van der Waals surface area contributed by atoms with Gasteiger partial charge in [0.2, 0.25) is 0 Å². The molecule has 8 heteroatoms. The van der Waals surface area contributed by atoms with Crippen LogP contribution in [0.5, 0.6) is 11.5 Å². The second-order valence-electron chi connectivity index (χ2n) is 6.50. The second-order valence-corrected chi connectivity index (χ2v) is 7.35. The van der Waals surface area contributed by atoms with Gasteiger partial charge in [-0.25, -0.2) is 14.6 Å². The Morgan fingerprint density at radius 3 is 2.32 bits per heavy atom. The van der Waals surface area contributed by atoms with Crippen molar-refractivity contribution in [1.29, 1.82) is 0 Å². The summed E-state index contributed by atoms with van der Waals surface area (Å²) in [5.41, 5.74) is 4.66. The second kappa shape index (κ2) is 9.99. The molecule has 0 aliphatic rings. The number of nitrogens with zero attached hydrogens (tertiary/aromatic N) is 1. The quantitative estimate of drug-likeness (QED) is 0.234. The van der Waals surface area contributed by atoms with E-state index < -0.39 is 17.7 Å². The smallest absolute Gasteiger partial charge is 0.343 e. The van der Waals surface area contributed by atoms with Crippen LogP contribution >= 0.6 is 15.9 Å². The molecule has 0 aliphatic heterocycles. The predicted molar refractivity (Wildman–Crippen MR) is 118 cm³/mol. The van der Waals surface area contributed by atoms with E-state index in [9.17, 15) is 14.0 Å². The number of hydrogen-bond acceptors (Lipinski definition) is 5. The van der Waals surface area contributed by atoms with Gasteiger partial charge in [0.1, 0.15) is 5.82 Å². The molecule has 158 valence electrons. The highest BCUT2D eigenvalue weighted by molar-refractivity contribution is 9.10. The van der Waals surface area contributed by atoms with Crippen molar-refractivity contribution in [3.63, 3.8) is 0 Å². The van der Waals surface area contributed by atoms with E-state index >= 15 is 0 Å². The van der Waals surface area contributed by atoms with Gasteiger partial charge >= 0.3 is 5.97 Å². The highest BCUT2D eigenvalue weighted by Gasteiger charge is 2.16. The molecule has 0 heterocycles. The zero-order chi connectivity index (χ0) is 22.4. The van der Waals surface area contributed by atoms with E-state index in [0.29, 0.717) is 21.3 Å². The number of rotatable bonds is 6. The minimum absolute atomic E-state index is 0.223. The predicted octanol–water partition coefficient (Wildman–Crippen LogP) is 4.89. The van der Waals surface area contributed by atoms with Crippen LogP contribution in [0.3, 0.4) is 0 Å². The Labute approximate surface area is 186 Å². The monoisotopic (exact) mass is 484 g/mol. The van der Waals surface area contributed by atoms with Crippen molar-refractivity contribution in [1.82, 2.24) is 5.43 Å². The number of hydrogen-bond donors (Lipinski definition) is 1. The lowest BCUT2D eigenvalue weighted by Crippen LogP contribution is -2.17. The summed E-state index contributed by atoms with van der Waals surface area (Å²) in [4.78, 5) is 24.5. The van der Waals surface area contributed by atoms with E-state index in [1.165, 1.54) is 37.6 Å². The Balaban J connectivity index is 1.73. The van der Waals surface area contributed by atoms with Crippen LogP contribution in [0.4, 0.5) is 4.39 Å². The van der Waals surface area contributed by atoms with Crippen LogP contribution in [0.25, 0.3) is 0 Å². The molecular weight excluding hydrogens is 467 g/mol. The first-order valence-corrected chi connectivity index (χ1v) is 9.92. The average Bonchev–Trinajstić information content (AvgIpc) is 2.76. The largest absolute Gasteiger partial charge is 0.493 e. The van der Waals surface area contributed by atoms with Gasteiger partial charge in [0.15, 0.2) is 11.5 Å². The molecule has 0 spiro atoms. The minimum atomic E-state index is -0.521. The third-order valence-electron chi connectivity index (χ3n) is 4.22. The van der Waals surface area contributed by atoms with Crippen molar-refractivity contribution in [3.05, 3.63) is 93.2 Å². The van der Waals surface area contributed by atoms with Gasteiger partial charge in [-0.05, 0) is 76.9 Å². The molecule has 0 fully saturated rings. The summed E-state index contributed by atoms with van der Waals surface area (Å²) in [6.45, 7) is 1.93. The minimum Gasteiger partial charge on any atom is -0.493 e. The maximum absolute atomic E-state index is 12.9. The van der Waals surface area contributed by atoms with Gasteiger partial charge in [-0.2, -0.15) is 5.10 Å². The molecule has 0 bridgehead atoms. The molecule has 3 aromatic rings. The maximum Gasteiger partial charge on any atom is 0.343 e. The molecule has 0 aliphatic carbocycles. The Morgan fingerprint density at radius 1 is 1.03 bits per heavy atom. The lowest BCUT2D eigenvalue weighted by atomic mass is 10.1. The highest BCUT2D eigenvalue weighted by Crippen LogP contribution is 2.36. The summed E-state index contributed by atoms with van der Waals surface area (Å²) in [5.74, 6) is -0.903. The molecule has 3 rings (SSSR count). The number of esters is 1. The van der Waals surface area contributed by atoms with Gasteiger partial charge in [0.25, 0.3) is 5.91 Å². The number of carbonyl (C=O) groups is 2. The summed E-state index contributed by atoms with van der Waals surface area (Å²) in [7, 11) is 1.45. The summed E-state index contributed by atoms with van der Waals surface area (Å²) in [6, 6.07) is 15.4. The first kappa shape index (κ1) is 22.2. The highest BCUT2D eigenvalue weighted by atomic mass is 79.9. The van der Waals surface area contributed by atoms with Crippen LogP contribution in [-0.4, -0.2) is 25.2 Å². The maximum atomic E-state index is 12.9. The number of ether oxygens (including phenoxy) is 2. The number of benzene rings is 3. The molecule has 0 atom stereocenters. The third kappa shape index (κ3) is 5.76. The first-order valence-electron chi connectivity index (χ1n) is 9.12. The van der Waals surface area contributed by atoms with Crippen molar-refractivity contribution in [2.45, 2.75) is 6.92 Å². The summed E-state index contributed by atoms with van der Waals surface area (Å²) in [6.07, 6.45) is 1.40. The topological polar surface area (TPSA) is 77.0 Å². The molecule has 0 radical (unpaired) electrons. The SMILES string of the molecule is COc1cc(C=NNC(=O)c2ccc(F)cc2)cc(Br)c1OC(=O)c1ccc(C)cc1. The van der Waals surface area contributed by atoms with Crippen molar-refractivity contribution in [3.8, 4) is 11.5 Å². The summed E-state index contributed by atoms with van der Waals surface area (Å²) < 4.78 is 24.3. The fourth-order valence-corrected chi connectivity index (χ4v) is 3.13. The lowest BCUT2D eigenvalue weighted by molar-refractivity contribution is 0.0728. The van der Waals surface area contributed by atoms with Gasteiger partial charge in [0.05, 0.1) is 23.4 Å². The van der Waals surface area contributed by atoms with E-state index in [4.69, 9.17) is 9.47 Å². The molecular formula is C23H18BrFN2O4. The summed E-state index contributed by atoms with van der Waals surface area (Å²) >= 11 is 3.37. The number of carbonyl (C=O) groups excluding carboxylic acids is 2. The van der Waals surface area contributed by atoms with Gasteiger partial charge < -0.3 is 9.47 Å². The van der Waals surface area contributed by atoms with Crippen LogP contribution in [0.15, 0.2) is 70.2 Å². The molecule has 1 N–H and O–H groups in total. The third-order valence-corrected chi connectivity index (χ3v) is 4.81. The number of nitrogens with one attached hydrogen (secondary N) is 1. The number of halogens is 2. The van der Waals surface area contributed by atoms with E-state index in [-0.39, 0.29) is 11.3 Å². The molecule has 31 heavy (non-hydrogen) atoms. The average molecular weight is 485 g/mol. The molecule has 3 aromatic carbocycles. The zero-order valence-corrected chi connectivity index (χ0v) is 18.3. The van der Waals surface area contributed by atoms with Crippen molar-refractivity contribution in [2.24, 2.45) is 5.10 Å². The molecule has 1 amide bonds. The number of hydrazone groups is 1. The lowest BCUT2D eigenvalue weighted by Gasteiger charge is -2.12. The van der Waals surface area contributed by atoms with Crippen LogP contribution in [-0.2, 0) is 0 Å². The van der Waals surface area contributed by atoms with E-state index in [2.05, 4.69) is 26.5 Å².